The molecule has 1 rings (SSSR count). The molecule has 1 amide bonds. The number of nitrogens with one attached hydrogen (secondary N) is 2. The maximum Gasteiger partial charge on any atom is 0.407 e. The predicted molar refractivity (Wildman–Crippen MR) is 64.0 cm³/mol. The van der Waals surface area contributed by atoms with Crippen LogP contribution in [0.25, 0.3) is 0 Å². The van der Waals surface area contributed by atoms with Crippen LogP contribution in [0.15, 0.2) is 6.07 Å². The third-order valence-corrected chi connectivity index (χ3v) is 2.08. The number of alkyl carbamates (subject to hydrolysis) is 1. The second-order valence-electron chi connectivity index (χ2n) is 3.68. The minimum absolute atomic E-state index is 0.219. The van der Waals surface area contributed by atoms with Crippen LogP contribution in [0.4, 0.5) is 4.79 Å². The number of aromatic hydroxyl groups is 2. The van der Waals surface area contributed by atoms with E-state index in [0.717, 1.165) is 18.9 Å². The molecule has 0 aromatic carbocycles. The third-order valence-electron chi connectivity index (χ3n) is 2.08. The third kappa shape index (κ3) is 5.19. The van der Waals surface area contributed by atoms with Gasteiger partial charge in [-0.25, -0.2) is 9.59 Å². The Hall–Kier alpha value is -2.38. The lowest BCUT2D eigenvalue weighted by Crippen LogP contribution is -2.32. The zero-order valence-electron chi connectivity index (χ0n) is 10.4. The van der Waals surface area contributed by atoms with Crippen molar-refractivity contribution in [1.29, 1.82) is 0 Å². The number of aromatic amines is 1. The van der Waals surface area contributed by atoms with Gasteiger partial charge in [-0.05, 0) is 6.42 Å². The maximum absolute atomic E-state index is 11.3. The summed E-state index contributed by atoms with van der Waals surface area (Å²) < 4.78 is 9.45. The Morgan fingerprint density at radius 2 is 2.16 bits per heavy atom. The number of carbonyl (C=O) groups is 2. The number of H-pyrrole nitrogens is 1. The monoisotopic (exact) mass is 272 g/mol. The Kier molecular flexibility index (Phi) is 5.52. The lowest BCUT2D eigenvalue weighted by atomic mass is 10.4. The molecule has 4 N–H and O–H groups in total. The number of unbranched alkanes of at least 4 members (excludes halogenated alkanes) is 1. The summed E-state index contributed by atoms with van der Waals surface area (Å²) in [5, 5.41) is 20.4. The molecule has 1 aromatic rings. The largest absolute Gasteiger partial charge is 0.494 e. The van der Waals surface area contributed by atoms with Crippen molar-refractivity contribution in [1.82, 2.24) is 10.3 Å². The zero-order chi connectivity index (χ0) is 14.3. The molecule has 8 heteroatoms. The summed E-state index contributed by atoms with van der Waals surface area (Å²) in [6.45, 7) is 1.83. The molecule has 0 aliphatic rings. The first-order chi connectivity index (χ1) is 9.02. The van der Waals surface area contributed by atoms with Gasteiger partial charge in [-0.2, -0.15) is 0 Å². The van der Waals surface area contributed by atoms with E-state index in [1.807, 2.05) is 6.92 Å². The van der Waals surface area contributed by atoms with E-state index in [9.17, 15) is 14.7 Å². The molecule has 0 saturated heterocycles. The molecular formula is C11H16N2O6. The van der Waals surface area contributed by atoms with E-state index < -0.39 is 24.5 Å². The Morgan fingerprint density at radius 1 is 1.42 bits per heavy atom. The molecule has 0 bridgehead atoms. The Bertz CT molecular complexity index is 442. The average Bonchev–Trinajstić information content (AvgIpc) is 2.65. The summed E-state index contributed by atoms with van der Waals surface area (Å²) in [7, 11) is 0. The molecule has 0 radical (unpaired) electrons. The van der Waals surface area contributed by atoms with E-state index in [1.165, 1.54) is 0 Å². The van der Waals surface area contributed by atoms with Gasteiger partial charge in [0.15, 0.2) is 11.6 Å². The van der Waals surface area contributed by atoms with Gasteiger partial charge in [0.2, 0.25) is 5.88 Å². The van der Waals surface area contributed by atoms with Crippen molar-refractivity contribution < 1.29 is 29.3 Å². The van der Waals surface area contributed by atoms with Gasteiger partial charge in [0.05, 0.1) is 6.61 Å². The van der Waals surface area contributed by atoms with E-state index in [1.54, 1.807) is 0 Å². The minimum Gasteiger partial charge on any atom is -0.494 e. The topological polar surface area (TPSA) is 121 Å². The molecular weight excluding hydrogens is 256 g/mol. The smallest absolute Gasteiger partial charge is 0.407 e. The van der Waals surface area contributed by atoms with Crippen LogP contribution in [0, 0.1) is 0 Å². The molecule has 0 atom stereocenters. The van der Waals surface area contributed by atoms with Gasteiger partial charge in [-0.15, -0.1) is 0 Å². The fourth-order valence-corrected chi connectivity index (χ4v) is 1.15. The van der Waals surface area contributed by atoms with Crippen molar-refractivity contribution in [3.05, 3.63) is 6.07 Å². The molecule has 0 saturated carbocycles. The summed E-state index contributed by atoms with van der Waals surface area (Å²) >= 11 is 0. The van der Waals surface area contributed by atoms with Crippen LogP contribution in [0.2, 0.25) is 0 Å². The first-order valence-electron chi connectivity index (χ1n) is 5.75. The van der Waals surface area contributed by atoms with Gasteiger partial charge < -0.3 is 25.0 Å². The predicted octanol–water partition coefficient (Wildman–Crippen LogP) is 0.858. The van der Waals surface area contributed by atoms with Crippen LogP contribution >= 0.6 is 0 Å². The first kappa shape index (κ1) is 14.7. The highest BCUT2D eigenvalue weighted by molar-refractivity contribution is 5.79. The highest BCUT2D eigenvalue weighted by Gasteiger charge is 2.13. The fraction of sp³-hybridized carbons (Fsp3) is 0.455. The molecule has 106 valence electrons. The van der Waals surface area contributed by atoms with Gasteiger partial charge in [-0.1, -0.05) is 13.3 Å². The van der Waals surface area contributed by atoms with E-state index in [4.69, 9.17) is 14.6 Å². The first-order valence-corrected chi connectivity index (χ1v) is 5.75. The number of carbonyl (C=O) groups excluding carboxylic acids is 2. The van der Waals surface area contributed by atoms with Crippen LogP contribution in [-0.2, 0) is 9.53 Å². The Balaban J connectivity index is 2.28. The summed E-state index contributed by atoms with van der Waals surface area (Å²) in [5.41, 5.74) is 0. The SMILES string of the molecule is CCCCOC(=O)NCC(=O)Oc1cc(O)[nH]c1O. The van der Waals surface area contributed by atoms with E-state index in [0.29, 0.717) is 0 Å². The number of rotatable bonds is 6. The molecule has 1 heterocycles. The van der Waals surface area contributed by atoms with Crippen molar-refractivity contribution in [2.75, 3.05) is 13.2 Å². The van der Waals surface area contributed by atoms with Gasteiger partial charge in [-0.3, -0.25) is 4.98 Å². The van der Waals surface area contributed by atoms with Gasteiger partial charge >= 0.3 is 12.1 Å². The van der Waals surface area contributed by atoms with Crippen molar-refractivity contribution in [3.63, 3.8) is 0 Å². The van der Waals surface area contributed by atoms with Crippen molar-refractivity contribution >= 4 is 12.1 Å². The van der Waals surface area contributed by atoms with Crippen LogP contribution in [0.5, 0.6) is 17.5 Å². The average molecular weight is 272 g/mol. The molecule has 0 aliphatic carbocycles. The highest BCUT2D eigenvalue weighted by atomic mass is 16.6. The standard InChI is InChI=1S/C11H16N2O6/c1-2-3-4-18-11(17)12-6-9(15)19-7-5-8(14)13-10(7)16/h5,13-14,16H,2-4,6H2,1H3,(H,12,17). The Labute approximate surface area is 109 Å². The summed E-state index contributed by atoms with van der Waals surface area (Å²) in [5.74, 6) is -1.84. The van der Waals surface area contributed by atoms with Crippen molar-refractivity contribution in [2.45, 2.75) is 19.8 Å². The number of hydrogen-bond acceptors (Lipinski definition) is 6. The van der Waals surface area contributed by atoms with Crippen molar-refractivity contribution in [2.24, 2.45) is 0 Å². The fourth-order valence-electron chi connectivity index (χ4n) is 1.15. The summed E-state index contributed by atoms with van der Waals surface area (Å²) in [4.78, 5) is 24.6. The highest BCUT2D eigenvalue weighted by Crippen LogP contribution is 2.29. The maximum atomic E-state index is 11.3. The normalized spacial score (nSPS) is 9.95. The van der Waals surface area contributed by atoms with Crippen LogP contribution in [-0.4, -0.2) is 40.4 Å². The van der Waals surface area contributed by atoms with E-state index in [-0.39, 0.29) is 18.2 Å². The molecule has 19 heavy (non-hydrogen) atoms. The van der Waals surface area contributed by atoms with Gasteiger partial charge in [0.1, 0.15) is 6.54 Å². The molecule has 0 spiro atoms. The number of amides is 1. The van der Waals surface area contributed by atoms with Crippen LogP contribution in [0.1, 0.15) is 19.8 Å². The van der Waals surface area contributed by atoms with Crippen LogP contribution in [0.3, 0.4) is 0 Å². The number of ether oxygens (including phenoxy) is 2. The second-order valence-corrected chi connectivity index (χ2v) is 3.68. The molecule has 8 nitrogen and oxygen atoms in total. The lowest BCUT2D eigenvalue weighted by Gasteiger charge is -2.06. The number of esters is 1. The zero-order valence-corrected chi connectivity index (χ0v) is 10.4. The lowest BCUT2D eigenvalue weighted by molar-refractivity contribution is -0.133. The molecule has 0 unspecified atom stereocenters. The van der Waals surface area contributed by atoms with E-state index in [2.05, 4.69) is 10.3 Å². The van der Waals surface area contributed by atoms with Gasteiger partial charge in [0, 0.05) is 6.07 Å². The summed E-state index contributed by atoms with van der Waals surface area (Å²) in [6.07, 6.45) is 0.923. The van der Waals surface area contributed by atoms with Crippen molar-refractivity contribution in [3.8, 4) is 17.5 Å². The molecule has 0 aliphatic heterocycles. The number of hydrogen-bond donors (Lipinski definition) is 4. The van der Waals surface area contributed by atoms with Gasteiger partial charge in [0.25, 0.3) is 0 Å². The molecule has 1 aromatic heterocycles. The second kappa shape index (κ2) is 7.14. The van der Waals surface area contributed by atoms with E-state index >= 15 is 0 Å². The summed E-state index contributed by atoms with van der Waals surface area (Å²) in [6, 6.07) is 1.03. The van der Waals surface area contributed by atoms with Crippen LogP contribution < -0.4 is 10.1 Å². The number of aromatic nitrogens is 1. The Morgan fingerprint density at radius 3 is 2.74 bits per heavy atom. The minimum atomic E-state index is -0.804. The quantitative estimate of drug-likeness (QED) is 0.450. The molecule has 0 fully saturated rings.